The van der Waals surface area contributed by atoms with Crippen LogP contribution in [0.2, 0.25) is 0 Å². The molecule has 1 heterocycles. The van der Waals surface area contributed by atoms with Crippen molar-refractivity contribution in [3.8, 4) is 11.3 Å². The quantitative estimate of drug-likeness (QED) is 0.672. The molecular weight excluding hydrogens is 385 g/mol. The van der Waals surface area contributed by atoms with Gasteiger partial charge < -0.3 is 15.5 Å². The molecule has 5 nitrogen and oxygen atoms in total. The first-order valence-corrected chi connectivity index (χ1v) is 8.84. The number of aromatic nitrogens is 1. The van der Waals surface area contributed by atoms with Crippen LogP contribution in [0.5, 0.6) is 0 Å². The van der Waals surface area contributed by atoms with Crippen molar-refractivity contribution < 1.29 is 9.21 Å². The molecule has 0 saturated heterocycles. The van der Waals surface area contributed by atoms with Gasteiger partial charge in [-0.1, -0.05) is 43.7 Å². The first-order valence-electron chi connectivity index (χ1n) is 8.84. The number of nitrogens with zero attached hydrogens (tertiary/aromatic N) is 1. The Morgan fingerprint density at radius 3 is 2.44 bits per heavy atom. The average Bonchev–Trinajstić information content (AvgIpc) is 3.02. The first-order chi connectivity index (χ1) is 11.8. The van der Waals surface area contributed by atoms with Gasteiger partial charge in [0.25, 0.3) is 0 Å². The van der Waals surface area contributed by atoms with Crippen molar-refractivity contribution in [2.24, 2.45) is 11.7 Å². The van der Waals surface area contributed by atoms with Gasteiger partial charge in [-0.15, -0.1) is 24.8 Å². The van der Waals surface area contributed by atoms with E-state index in [0.29, 0.717) is 31.2 Å². The number of aryl methyl sites for hydroxylation is 2. The van der Waals surface area contributed by atoms with Crippen LogP contribution in [0.3, 0.4) is 0 Å². The number of carbonyl (C=O) groups is 1. The Hall–Kier alpha value is -1.56. The molecule has 0 aliphatic heterocycles. The molecule has 0 aliphatic rings. The zero-order valence-corrected chi connectivity index (χ0v) is 18.1. The molecule has 0 aliphatic carbocycles. The Morgan fingerprint density at radius 2 is 1.89 bits per heavy atom. The zero-order chi connectivity index (χ0) is 18.4. The summed E-state index contributed by atoms with van der Waals surface area (Å²) in [6, 6.07) is 8.08. The van der Waals surface area contributed by atoms with Crippen molar-refractivity contribution in [3.63, 3.8) is 0 Å². The largest absolute Gasteiger partial charge is 0.441 e. The van der Waals surface area contributed by atoms with Crippen molar-refractivity contribution in [1.29, 1.82) is 0 Å². The van der Waals surface area contributed by atoms with E-state index in [9.17, 15) is 4.79 Å². The van der Waals surface area contributed by atoms with Crippen LogP contribution in [0.1, 0.15) is 45.1 Å². The minimum absolute atomic E-state index is 0. The average molecular weight is 416 g/mol. The second-order valence-corrected chi connectivity index (χ2v) is 7.40. The number of hydrogen-bond acceptors (Lipinski definition) is 4. The summed E-state index contributed by atoms with van der Waals surface area (Å²) in [7, 11) is 0. The monoisotopic (exact) mass is 415 g/mol. The highest BCUT2D eigenvalue weighted by Gasteiger charge is 2.25. The van der Waals surface area contributed by atoms with Gasteiger partial charge in [-0.2, -0.15) is 0 Å². The number of benzene rings is 1. The van der Waals surface area contributed by atoms with Gasteiger partial charge in [0.05, 0.1) is 6.20 Å². The van der Waals surface area contributed by atoms with Crippen LogP contribution in [-0.4, -0.2) is 23.0 Å². The van der Waals surface area contributed by atoms with Gasteiger partial charge in [-0.05, 0) is 26.2 Å². The first kappa shape index (κ1) is 25.4. The number of halogens is 2. The van der Waals surface area contributed by atoms with Crippen LogP contribution in [0.25, 0.3) is 11.3 Å². The number of amides is 1. The highest BCUT2D eigenvalue weighted by molar-refractivity contribution is 5.85. The van der Waals surface area contributed by atoms with E-state index in [1.165, 1.54) is 5.56 Å². The predicted octanol–water partition coefficient (Wildman–Crippen LogP) is 4.31. The third-order valence-corrected chi connectivity index (χ3v) is 4.21. The molecule has 1 amide bonds. The fraction of sp³-hybridized carbons (Fsp3) is 0.500. The predicted molar refractivity (Wildman–Crippen MR) is 115 cm³/mol. The lowest BCUT2D eigenvalue weighted by atomic mass is 9.90. The Morgan fingerprint density at radius 1 is 1.26 bits per heavy atom. The minimum Gasteiger partial charge on any atom is -0.441 e. The van der Waals surface area contributed by atoms with Crippen LogP contribution in [0, 0.1) is 12.8 Å². The Bertz CT molecular complexity index is 702. The summed E-state index contributed by atoms with van der Waals surface area (Å²) in [5, 5.41) is 3.06. The van der Waals surface area contributed by atoms with E-state index in [0.717, 1.165) is 17.7 Å². The molecule has 1 aromatic heterocycles. The normalized spacial score (nSPS) is 12.7. The third-order valence-electron chi connectivity index (χ3n) is 4.21. The lowest BCUT2D eigenvalue weighted by molar-refractivity contribution is -0.123. The van der Waals surface area contributed by atoms with Gasteiger partial charge >= 0.3 is 0 Å². The lowest BCUT2D eigenvalue weighted by Gasteiger charge is -2.31. The molecule has 3 N–H and O–H groups in total. The van der Waals surface area contributed by atoms with Crippen molar-refractivity contribution >= 4 is 30.7 Å². The van der Waals surface area contributed by atoms with Gasteiger partial charge in [-0.3, -0.25) is 4.79 Å². The summed E-state index contributed by atoms with van der Waals surface area (Å²) in [4.78, 5) is 16.5. The number of hydrogen-bond donors (Lipinski definition) is 2. The zero-order valence-electron chi connectivity index (χ0n) is 16.5. The fourth-order valence-electron chi connectivity index (χ4n) is 2.98. The number of rotatable bonds is 8. The van der Waals surface area contributed by atoms with Gasteiger partial charge in [0.2, 0.25) is 5.91 Å². The SMILES string of the molecule is Cc1ccc(-c2cnc(CCC(=O)NC(C)(CN)CC(C)C)o2)cc1.Cl.Cl. The van der Waals surface area contributed by atoms with E-state index in [1.807, 2.05) is 38.1 Å². The van der Waals surface area contributed by atoms with Gasteiger partial charge in [-0.25, -0.2) is 4.98 Å². The Labute approximate surface area is 174 Å². The molecule has 0 fully saturated rings. The number of carbonyl (C=O) groups excluding carboxylic acids is 1. The summed E-state index contributed by atoms with van der Waals surface area (Å²) >= 11 is 0. The highest BCUT2D eigenvalue weighted by atomic mass is 35.5. The number of nitrogens with two attached hydrogens (primary N) is 1. The summed E-state index contributed by atoms with van der Waals surface area (Å²) in [5.74, 6) is 1.74. The Balaban J connectivity index is 0.00000338. The van der Waals surface area contributed by atoms with Gasteiger partial charge in [0.15, 0.2) is 11.7 Å². The van der Waals surface area contributed by atoms with E-state index in [4.69, 9.17) is 10.2 Å². The second kappa shape index (κ2) is 11.3. The maximum Gasteiger partial charge on any atom is 0.220 e. The lowest BCUT2D eigenvalue weighted by Crippen LogP contribution is -2.52. The molecule has 0 radical (unpaired) electrons. The molecule has 0 bridgehead atoms. The van der Waals surface area contributed by atoms with Crippen LogP contribution >= 0.6 is 24.8 Å². The van der Waals surface area contributed by atoms with E-state index >= 15 is 0 Å². The highest BCUT2D eigenvalue weighted by Crippen LogP contribution is 2.21. The summed E-state index contributed by atoms with van der Waals surface area (Å²) in [5.41, 5.74) is 7.66. The molecule has 7 heteroatoms. The second-order valence-electron chi connectivity index (χ2n) is 7.40. The van der Waals surface area contributed by atoms with Crippen molar-refractivity contribution in [1.82, 2.24) is 10.3 Å². The van der Waals surface area contributed by atoms with E-state index in [2.05, 4.69) is 24.1 Å². The maximum atomic E-state index is 12.3. The number of oxazole rings is 1. The summed E-state index contributed by atoms with van der Waals surface area (Å²) in [6.07, 6.45) is 3.37. The molecule has 1 unspecified atom stereocenters. The van der Waals surface area contributed by atoms with Crippen LogP contribution < -0.4 is 11.1 Å². The number of nitrogens with one attached hydrogen (secondary N) is 1. The molecule has 27 heavy (non-hydrogen) atoms. The van der Waals surface area contributed by atoms with Crippen LogP contribution in [0.4, 0.5) is 0 Å². The topological polar surface area (TPSA) is 81.2 Å². The summed E-state index contributed by atoms with van der Waals surface area (Å²) < 4.78 is 5.77. The smallest absolute Gasteiger partial charge is 0.220 e. The van der Waals surface area contributed by atoms with Crippen LogP contribution in [0.15, 0.2) is 34.9 Å². The third kappa shape index (κ3) is 7.91. The molecule has 2 rings (SSSR count). The van der Waals surface area contributed by atoms with Crippen LogP contribution in [-0.2, 0) is 11.2 Å². The summed E-state index contributed by atoms with van der Waals surface area (Å²) in [6.45, 7) is 8.71. The Kier molecular flexibility index (Phi) is 10.7. The minimum atomic E-state index is -0.366. The molecule has 0 spiro atoms. The molecular formula is C20H31Cl2N3O2. The molecule has 0 saturated carbocycles. The van der Waals surface area contributed by atoms with E-state index in [1.54, 1.807) is 6.20 Å². The van der Waals surface area contributed by atoms with E-state index in [-0.39, 0.29) is 36.3 Å². The van der Waals surface area contributed by atoms with Crippen molar-refractivity contribution in [2.75, 3.05) is 6.54 Å². The standard InChI is InChI=1S/C20H29N3O2.2ClH/c1-14(2)11-20(4,13-21)23-18(24)9-10-19-22-12-17(25-19)16-7-5-15(3)6-8-16;;/h5-8,12,14H,9-11,13,21H2,1-4H3,(H,23,24);2*1H. The van der Waals surface area contributed by atoms with Crippen molar-refractivity contribution in [2.45, 2.75) is 52.5 Å². The van der Waals surface area contributed by atoms with Crippen molar-refractivity contribution in [3.05, 3.63) is 41.9 Å². The van der Waals surface area contributed by atoms with Gasteiger partial charge in [0, 0.05) is 30.5 Å². The van der Waals surface area contributed by atoms with Gasteiger partial charge in [0.1, 0.15) is 0 Å². The molecule has 1 atom stereocenters. The molecule has 152 valence electrons. The molecule has 2 aromatic rings. The molecule has 1 aromatic carbocycles. The fourth-order valence-corrected chi connectivity index (χ4v) is 2.98. The van der Waals surface area contributed by atoms with E-state index < -0.39 is 0 Å². The maximum absolute atomic E-state index is 12.3.